The molecule has 1 aromatic carbocycles. The molecule has 5 heteroatoms. The van der Waals surface area contributed by atoms with Gasteiger partial charge in [-0.2, -0.15) is 5.10 Å². The number of likely N-dealkylation sites (N-methyl/N-ethyl adjacent to an activating group) is 1. The third-order valence-electron chi connectivity index (χ3n) is 3.36. The van der Waals surface area contributed by atoms with Crippen molar-refractivity contribution in [2.75, 3.05) is 13.6 Å². The molecule has 112 valence electrons. The van der Waals surface area contributed by atoms with E-state index in [0.717, 1.165) is 18.5 Å². The number of benzene rings is 1. The molecule has 1 aromatic heterocycles. The number of aromatic nitrogens is 2. The quantitative estimate of drug-likeness (QED) is 0.834. The van der Waals surface area contributed by atoms with Crippen molar-refractivity contribution >= 4 is 17.4 Å². The van der Waals surface area contributed by atoms with Gasteiger partial charge in [-0.3, -0.25) is 9.48 Å². The number of carbonyl (C=O) groups is 1. The molecule has 2 rings (SSSR count). The van der Waals surface area contributed by atoms with E-state index in [9.17, 15) is 4.79 Å². The fourth-order valence-corrected chi connectivity index (χ4v) is 2.51. The van der Waals surface area contributed by atoms with Gasteiger partial charge in [-0.15, -0.1) is 0 Å². The lowest BCUT2D eigenvalue weighted by Crippen LogP contribution is -2.17. The van der Waals surface area contributed by atoms with Gasteiger partial charge in [-0.05, 0) is 39.4 Å². The van der Waals surface area contributed by atoms with Crippen LogP contribution in [-0.2, 0) is 6.42 Å². The van der Waals surface area contributed by atoms with Crippen LogP contribution in [0.1, 0.15) is 41.5 Å². The van der Waals surface area contributed by atoms with Crippen LogP contribution in [0.3, 0.4) is 0 Å². The largest absolute Gasteiger partial charge is 0.319 e. The smallest absolute Gasteiger partial charge is 0.212 e. The molecule has 0 amide bonds. The van der Waals surface area contributed by atoms with Crippen LogP contribution in [0.15, 0.2) is 30.5 Å². The Morgan fingerprint density at radius 2 is 2.10 bits per heavy atom. The Labute approximate surface area is 130 Å². The van der Waals surface area contributed by atoms with E-state index in [4.69, 9.17) is 11.6 Å². The van der Waals surface area contributed by atoms with E-state index in [2.05, 4.69) is 10.4 Å². The van der Waals surface area contributed by atoms with Crippen LogP contribution in [0.2, 0.25) is 5.02 Å². The van der Waals surface area contributed by atoms with Crippen molar-refractivity contribution in [1.29, 1.82) is 0 Å². The maximum Gasteiger partial charge on any atom is 0.212 e. The van der Waals surface area contributed by atoms with Crippen LogP contribution in [-0.4, -0.2) is 29.2 Å². The zero-order valence-electron chi connectivity index (χ0n) is 12.6. The molecule has 0 saturated heterocycles. The van der Waals surface area contributed by atoms with Crippen molar-refractivity contribution in [3.05, 3.63) is 52.3 Å². The van der Waals surface area contributed by atoms with E-state index >= 15 is 0 Å². The predicted molar refractivity (Wildman–Crippen MR) is 85.1 cm³/mol. The van der Waals surface area contributed by atoms with Gasteiger partial charge in [0.15, 0.2) is 0 Å². The minimum absolute atomic E-state index is 0.0714. The summed E-state index contributed by atoms with van der Waals surface area (Å²) in [6, 6.07) is 7.74. The molecule has 1 heterocycles. The van der Waals surface area contributed by atoms with Crippen LogP contribution in [0, 0.1) is 0 Å². The maximum atomic E-state index is 12.9. The van der Waals surface area contributed by atoms with Crippen LogP contribution >= 0.6 is 11.6 Å². The van der Waals surface area contributed by atoms with Gasteiger partial charge in [0.05, 0.1) is 11.2 Å². The second kappa shape index (κ2) is 6.87. The summed E-state index contributed by atoms with van der Waals surface area (Å²) in [6.45, 7) is 4.78. The first kappa shape index (κ1) is 15.7. The summed E-state index contributed by atoms with van der Waals surface area (Å²) in [5.74, 6) is -0.0714. The lowest BCUT2D eigenvalue weighted by molar-refractivity contribution is 0.102. The van der Waals surface area contributed by atoms with Gasteiger partial charge < -0.3 is 5.32 Å². The van der Waals surface area contributed by atoms with Crippen molar-refractivity contribution < 1.29 is 4.79 Å². The zero-order chi connectivity index (χ0) is 15.4. The van der Waals surface area contributed by atoms with Crippen molar-refractivity contribution in [3.63, 3.8) is 0 Å². The molecule has 0 saturated carbocycles. The van der Waals surface area contributed by atoms with Crippen molar-refractivity contribution in [2.45, 2.75) is 26.3 Å². The highest BCUT2D eigenvalue weighted by molar-refractivity contribution is 6.34. The Morgan fingerprint density at radius 1 is 1.38 bits per heavy atom. The van der Waals surface area contributed by atoms with Gasteiger partial charge in [0, 0.05) is 11.6 Å². The minimum Gasteiger partial charge on any atom is -0.319 e. The van der Waals surface area contributed by atoms with Gasteiger partial charge in [-0.25, -0.2) is 0 Å². The molecule has 0 atom stereocenters. The Balaban J connectivity index is 2.43. The van der Waals surface area contributed by atoms with Gasteiger partial charge in [0.1, 0.15) is 5.69 Å². The summed E-state index contributed by atoms with van der Waals surface area (Å²) >= 11 is 6.17. The molecule has 2 aromatic rings. The highest BCUT2D eigenvalue weighted by Crippen LogP contribution is 2.23. The highest BCUT2D eigenvalue weighted by Gasteiger charge is 2.22. The standard InChI is InChI=1S/C16H20ClN3O/c1-11(2)20-15(14(17)10-19-20)16(21)13-7-5-4-6-12(13)8-9-18-3/h4-7,10-11,18H,8-9H2,1-3H3. The Morgan fingerprint density at radius 3 is 2.76 bits per heavy atom. The average Bonchev–Trinajstić information content (AvgIpc) is 2.86. The molecule has 4 nitrogen and oxygen atoms in total. The van der Waals surface area contributed by atoms with Crippen molar-refractivity contribution in [1.82, 2.24) is 15.1 Å². The van der Waals surface area contributed by atoms with Gasteiger partial charge in [-0.1, -0.05) is 35.9 Å². The second-order valence-corrected chi connectivity index (χ2v) is 5.63. The Bertz CT molecular complexity index is 634. The van der Waals surface area contributed by atoms with Gasteiger partial charge in [0.25, 0.3) is 0 Å². The summed E-state index contributed by atoms with van der Waals surface area (Å²) in [5, 5.41) is 7.71. The molecule has 0 aliphatic heterocycles. The minimum atomic E-state index is -0.0714. The molecule has 1 N–H and O–H groups in total. The van der Waals surface area contributed by atoms with E-state index in [0.29, 0.717) is 16.3 Å². The average molecular weight is 306 g/mol. The molecule has 0 fully saturated rings. The van der Waals surface area contributed by atoms with E-state index in [1.54, 1.807) is 4.68 Å². The monoisotopic (exact) mass is 305 g/mol. The summed E-state index contributed by atoms with van der Waals surface area (Å²) in [7, 11) is 1.90. The number of nitrogens with zero attached hydrogens (tertiary/aromatic N) is 2. The van der Waals surface area contributed by atoms with Crippen molar-refractivity contribution in [3.8, 4) is 0 Å². The first-order valence-corrected chi connectivity index (χ1v) is 7.44. The fourth-order valence-electron chi connectivity index (χ4n) is 2.29. The van der Waals surface area contributed by atoms with Crippen LogP contribution < -0.4 is 5.32 Å². The van der Waals surface area contributed by atoms with Gasteiger partial charge >= 0.3 is 0 Å². The summed E-state index contributed by atoms with van der Waals surface area (Å²) in [6.07, 6.45) is 2.33. The third kappa shape index (κ3) is 3.34. The number of halogens is 1. The van der Waals surface area contributed by atoms with E-state index in [1.165, 1.54) is 6.20 Å². The maximum absolute atomic E-state index is 12.9. The lowest BCUT2D eigenvalue weighted by Gasteiger charge is -2.13. The molecule has 0 spiro atoms. The third-order valence-corrected chi connectivity index (χ3v) is 3.64. The summed E-state index contributed by atoms with van der Waals surface area (Å²) in [5.41, 5.74) is 2.17. The number of ketones is 1. The van der Waals surface area contributed by atoms with E-state index in [-0.39, 0.29) is 11.8 Å². The topological polar surface area (TPSA) is 46.9 Å². The van der Waals surface area contributed by atoms with Crippen LogP contribution in [0.5, 0.6) is 0 Å². The molecule has 0 aliphatic carbocycles. The number of carbonyl (C=O) groups excluding carboxylic acids is 1. The molecular weight excluding hydrogens is 286 g/mol. The number of nitrogens with one attached hydrogen (secondary N) is 1. The number of hydrogen-bond donors (Lipinski definition) is 1. The van der Waals surface area contributed by atoms with E-state index < -0.39 is 0 Å². The normalized spacial score (nSPS) is 11.1. The molecule has 21 heavy (non-hydrogen) atoms. The fraction of sp³-hybridized carbons (Fsp3) is 0.375. The SMILES string of the molecule is CNCCc1ccccc1C(=O)c1c(Cl)cnn1C(C)C. The molecular formula is C16H20ClN3O. The lowest BCUT2D eigenvalue weighted by atomic mass is 9.99. The molecule has 0 bridgehead atoms. The summed E-state index contributed by atoms with van der Waals surface area (Å²) < 4.78 is 1.68. The molecule has 0 unspecified atom stereocenters. The van der Waals surface area contributed by atoms with Crippen LogP contribution in [0.25, 0.3) is 0 Å². The Hall–Kier alpha value is -1.65. The Kier molecular flexibility index (Phi) is 5.15. The predicted octanol–water partition coefficient (Wildman–Crippen LogP) is 3.11. The van der Waals surface area contributed by atoms with Gasteiger partial charge in [0.2, 0.25) is 5.78 Å². The molecule has 0 radical (unpaired) electrons. The van der Waals surface area contributed by atoms with Crippen LogP contribution in [0.4, 0.5) is 0 Å². The number of hydrogen-bond acceptors (Lipinski definition) is 3. The zero-order valence-corrected chi connectivity index (χ0v) is 13.3. The van der Waals surface area contributed by atoms with Crippen molar-refractivity contribution in [2.24, 2.45) is 0 Å². The second-order valence-electron chi connectivity index (χ2n) is 5.22. The highest BCUT2D eigenvalue weighted by atomic mass is 35.5. The number of rotatable bonds is 6. The molecule has 0 aliphatic rings. The first-order chi connectivity index (χ1) is 10.1. The first-order valence-electron chi connectivity index (χ1n) is 7.06. The van der Waals surface area contributed by atoms with E-state index in [1.807, 2.05) is 45.2 Å². The summed E-state index contributed by atoms with van der Waals surface area (Å²) in [4.78, 5) is 12.9.